The Morgan fingerprint density at radius 2 is 1.92 bits per heavy atom. The highest BCUT2D eigenvalue weighted by Crippen LogP contribution is 2.22. The molecule has 0 radical (unpaired) electrons. The Kier molecular flexibility index (Phi) is 4.92. The standard InChI is InChI=1S/C19H26N2O3/c1-19(2,3)24-18(22)21-16(8-9-20-10-12-23-13-11-20)14-15-6-4-5-7-17(15)21/h4-7,14H,8-13H2,1-3H3. The van der Waals surface area contributed by atoms with Crippen LogP contribution in [-0.4, -0.2) is 54.0 Å². The SMILES string of the molecule is CC(C)(C)OC(=O)n1c(CCN2CCOCC2)cc2ccccc21. The maximum atomic E-state index is 12.7. The van der Waals surface area contributed by atoms with E-state index in [9.17, 15) is 4.79 Å². The Hall–Kier alpha value is -1.85. The molecular weight excluding hydrogens is 304 g/mol. The molecule has 2 heterocycles. The summed E-state index contributed by atoms with van der Waals surface area (Å²) >= 11 is 0. The van der Waals surface area contributed by atoms with E-state index >= 15 is 0 Å². The van der Waals surface area contributed by atoms with Crippen LogP contribution in [0, 0.1) is 0 Å². The zero-order valence-electron chi connectivity index (χ0n) is 14.7. The van der Waals surface area contributed by atoms with Gasteiger partial charge < -0.3 is 9.47 Å². The van der Waals surface area contributed by atoms with E-state index in [2.05, 4.69) is 11.0 Å². The van der Waals surface area contributed by atoms with Crippen molar-refractivity contribution in [1.29, 1.82) is 0 Å². The predicted octanol–water partition coefficient (Wildman–Crippen LogP) is 3.30. The van der Waals surface area contributed by atoms with Crippen LogP contribution in [0.25, 0.3) is 10.9 Å². The van der Waals surface area contributed by atoms with Crippen molar-refractivity contribution < 1.29 is 14.3 Å². The monoisotopic (exact) mass is 330 g/mol. The molecule has 0 amide bonds. The van der Waals surface area contributed by atoms with E-state index in [-0.39, 0.29) is 6.09 Å². The fourth-order valence-electron chi connectivity index (χ4n) is 3.02. The van der Waals surface area contributed by atoms with Crippen molar-refractivity contribution in [3.8, 4) is 0 Å². The molecule has 0 spiro atoms. The lowest BCUT2D eigenvalue weighted by Crippen LogP contribution is -2.38. The summed E-state index contributed by atoms with van der Waals surface area (Å²) in [5, 5.41) is 1.07. The van der Waals surface area contributed by atoms with Gasteiger partial charge in [-0.3, -0.25) is 4.90 Å². The maximum absolute atomic E-state index is 12.7. The van der Waals surface area contributed by atoms with Crippen LogP contribution in [0.2, 0.25) is 0 Å². The Morgan fingerprint density at radius 1 is 1.21 bits per heavy atom. The Balaban J connectivity index is 1.85. The third-order valence-electron chi connectivity index (χ3n) is 4.15. The van der Waals surface area contributed by atoms with Crippen molar-refractivity contribution in [2.75, 3.05) is 32.8 Å². The number of ether oxygens (including phenoxy) is 2. The first-order chi connectivity index (χ1) is 11.4. The van der Waals surface area contributed by atoms with Crippen LogP contribution >= 0.6 is 0 Å². The van der Waals surface area contributed by atoms with Crippen molar-refractivity contribution in [2.24, 2.45) is 0 Å². The second-order valence-corrected chi connectivity index (χ2v) is 7.21. The van der Waals surface area contributed by atoms with Crippen molar-refractivity contribution in [1.82, 2.24) is 9.47 Å². The van der Waals surface area contributed by atoms with E-state index in [1.54, 1.807) is 4.57 Å². The normalized spacial score (nSPS) is 16.5. The molecule has 0 aliphatic carbocycles. The Morgan fingerprint density at radius 3 is 2.62 bits per heavy atom. The van der Waals surface area contributed by atoms with Gasteiger partial charge in [0, 0.05) is 37.1 Å². The third-order valence-corrected chi connectivity index (χ3v) is 4.15. The molecule has 0 bridgehead atoms. The number of fused-ring (bicyclic) bond motifs is 1. The van der Waals surface area contributed by atoms with Crippen molar-refractivity contribution >= 4 is 17.0 Å². The van der Waals surface area contributed by atoms with Crippen molar-refractivity contribution in [2.45, 2.75) is 32.8 Å². The zero-order valence-corrected chi connectivity index (χ0v) is 14.7. The number of morpholine rings is 1. The highest BCUT2D eigenvalue weighted by Gasteiger charge is 2.22. The lowest BCUT2D eigenvalue weighted by atomic mass is 10.2. The summed E-state index contributed by atoms with van der Waals surface area (Å²) in [6.07, 6.45) is 0.508. The highest BCUT2D eigenvalue weighted by molar-refractivity contribution is 5.91. The first kappa shape index (κ1) is 17.0. The molecule has 0 unspecified atom stereocenters. The van der Waals surface area contributed by atoms with Crippen LogP contribution in [0.1, 0.15) is 26.5 Å². The average Bonchev–Trinajstić information content (AvgIpc) is 2.91. The average molecular weight is 330 g/mol. The quantitative estimate of drug-likeness (QED) is 0.866. The predicted molar refractivity (Wildman–Crippen MR) is 94.5 cm³/mol. The van der Waals surface area contributed by atoms with Gasteiger partial charge in [-0.2, -0.15) is 0 Å². The van der Waals surface area contributed by atoms with E-state index in [0.29, 0.717) is 0 Å². The first-order valence-electron chi connectivity index (χ1n) is 8.57. The summed E-state index contributed by atoms with van der Waals surface area (Å²) in [4.78, 5) is 15.1. The maximum Gasteiger partial charge on any atom is 0.419 e. The van der Waals surface area contributed by atoms with Gasteiger partial charge in [-0.1, -0.05) is 18.2 Å². The van der Waals surface area contributed by atoms with Gasteiger partial charge in [-0.15, -0.1) is 0 Å². The number of benzene rings is 1. The molecule has 5 nitrogen and oxygen atoms in total. The molecule has 5 heteroatoms. The van der Waals surface area contributed by atoms with E-state index in [1.165, 1.54) is 0 Å². The molecule has 0 atom stereocenters. The molecule has 24 heavy (non-hydrogen) atoms. The Bertz CT molecular complexity index is 709. The topological polar surface area (TPSA) is 43.7 Å². The largest absolute Gasteiger partial charge is 0.443 e. The fourth-order valence-corrected chi connectivity index (χ4v) is 3.02. The van der Waals surface area contributed by atoms with E-state index in [4.69, 9.17) is 9.47 Å². The molecule has 1 aromatic carbocycles. The van der Waals surface area contributed by atoms with Crippen molar-refractivity contribution in [3.63, 3.8) is 0 Å². The van der Waals surface area contributed by atoms with Gasteiger partial charge in [0.15, 0.2) is 0 Å². The summed E-state index contributed by atoms with van der Waals surface area (Å²) in [5.74, 6) is 0. The van der Waals surface area contributed by atoms with Crippen LogP contribution in [0.4, 0.5) is 4.79 Å². The summed E-state index contributed by atoms with van der Waals surface area (Å²) in [5.41, 5.74) is 1.39. The molecule has 3 rings (SSSR count). The second-order valence-electron chi connectivity index (χ2n) is 7.21. The van der Waals surface area contributed by atoms with Gasteiger partial charge in [-0.25, -0.2) is 9.36 Å². The molecule has 1 saturated heterocycles. The van der Waals surface area contributed by atoms with Crippen LogP contribution < -0.4 is 0 Å². The molecule has 1 fully saturated rings. The third kappa shape index (κ3) is 3.97. The fraction of sp³-hybridized carbons (Fsp3) is 0.526. The lowest BCUT2D eigenvalue weighted by Gasteiger charge is -2.26. The molecule has 1 aromatic heterocycles. The molecule has 2 aromatic rings. The van der Waals surface area contributed by atoms with Crippen LogP contribution in [0.5, 0.6) is 0 Å². The number of hydrogen-bond acceptors (Lipinski definition) is 4. The highest BCUT2D eigenvalue weighted by atomic mass is 16.6. The van der Waals surface area contributed by atoms with Gasteiger partial charge in [0.25, 0.3) is 0 Å². The number of nitrogens with zero attached hydrogens (tertiary/aromatic N) is 2. The Labute approximate surface area is 143 Å². The minimum absolute atomic E-state index is 0.305. The zero-order chi connectivity index (χ0) is 17.2. The molecule has 0 saturated carbocycles. The van der Waals surface area contributed by atoms with E-state index in [0.717, 1.165) is 55.9 Å². The molecule has 1 aliphatic rings. The van der Waals surface area contributed by atoms with Gasteiger partial charge in [0.2, 0.25) is 0 Å². The van der Waals surface area contributed by atoms with Gasteiger partial charge in [-0.05, 0) is 32.9 Å². The van der Waals surface area contributed by atoms with Crippen molar-refractivity contribution in [3.05, 3.63) is 36.0 Å². The van der Waals surface area contributed by atoms with Crippen LogP contribution in [0.3, 0.4) is 0 Å². The lowest BCUT2D eigenvalue weighted by molar-refractivity contribution is 0.0378. The number of aromatic nitrogens is 1. The summed E-state index contributed by atoms with van der Waals surface area (Å²) in [6, 6.07) is 10.0. The second kappa shape index (κ2) is 6.95. The van der Waals surface area contributed by atoms with Crippen LogP contribution in [0.15, 0.2) is 30.3 Å². The van der Waals surface area contributed by atoms with E-state index in [1.807, 2.05) is 45.0 Å². The smallest absolute Gasteiger partial charge is 0.419 e. The molecule has 0 N–H and O–H groups in total. The molecular formula is C19H26N2O3. The number of carbonyl (C=O) groups is 1. The number of para-hydroxylation sites is 1. The molecule has 1 aliphatic heterocycles. The number of carbonyl (C=O) groups excluding carboxylic acids is 1. The number of rotatable bonds is 3. The van der Waals surface area contributed by atoms with Crippen LogP contribution in [-0.2, 0) is 15.9 Å². The van der Waals surface area contributed by atoms with Gasteiger partial charge in [0.1, 0.15) is 5.60 Å². The van der Waals surface area contributed by atoms with E-state index < -0.39 is 5.60 Å². The van der Waals surface area contributed by atoms with Gasteiger partial charge >= 0.3 is 6.09 Å². The first-order valence-corrected chi connectivity index (χ1v) is 8.57. The number of hydrogen-bond donors (Lipinski definition) is 0. The summed E-state index contributed by atoms with van der Waals surface area (Å²) in [6.45, 7) is 10.1. The summed E-state index contributed by atoms with van der Waals surface area (Å²) in [7, 11) is 0. The minimum atomic E-state index is -0.510. The van der Waals surface area contributed by atoms with Gasteiger partial charge in [0.05, 0.1) is 18.7 Å². The minimum Gasteiger partial charge on any atom is -0.443 e. The molecule has 130 valence electrons. The summed E-state index contributed by atoms with van der Waals surface area (Å²) < 4.78 is 12.7.